The molecule has 0 aliphatic carbocycles. The van der Waals surface area contributed by atoms with Gasteiger partial charge in [0.05, 0.1) is 23.1 Å². The van der Waals surface area contributed by atoms with Gasteiger partial charge in [0.1, 0.15) is 15.8 Å². The van der Waals surface area contributed by atoms with Crippen molar-refractivity contribution in [2.75, 3.05) is 18.5 Å². The fourth-order valence-electron chi connectivity index (χ4n) is 2.94. The van der Waals surface area contributed by atoms with E-state index in [-0.39, 0.29) is 29.7 Å². The van der Waals surface area contributed by atoms with Gasteiger partial charge in [-0.1, -0.05) is 43.0 Å². The number of anilines is 1. The van der Waals surface area contributed by atoms with E-state index in [1.165, 1.54) is 15.4 Å². The van der Waals surface area contributed by atoms with Crippen LogP contribution in [0.2, 0.25) is 0 Å². The Bertz CT molecular complexity index is 1070. The van der Waals surface area contributed by atoms with Crippen molar-refractivity contribution in [1.82, 2.24) is 14.3 Å². The number of hydrogen-bond acceptors (Lipinski definition) is 7. The number of aryl methyl sites for hydroxylation is 1. The summed E-state index contributed by atoms with van der Waals surface area (Å²) in [5.41, 5.74) is 1.31. The third-order valence-electron chi connectivity index (χ3n) is 4.60. The second-order valence-electron chi connectivity index (χ2n) is 6.58. The Morgan fingerprint density at radius 3 is 2.86 bits per heavy atom. The van der Waals surface area contributed by atoms with Crippen molar-refractivity contribution in [3.8, 4) is 0 Å². The molecule has 7 nitrogen and oxygen atoms in total. The molecular formula is C20H22N4O3S2. The summed E-state index contributed by atoms with van der Waals surface area (Å²) >= 11 is 6.42. The Morgan fingerprint density at radius 1 is 1.45 bits per heavy atom. The van der Waals surface area contributed by atoms with Crippen molar-refractivity contribution >= 4 is 51.7 Å². The lowest BCUT2D eigenvalue weighted by Crippen LogP contribution is -2.29. The van der Waals surface area contributed by atoms with Crippen LogP contribution in [0.25, 0.3) is 11.7 Å². The van der Waals surface area contributed by atoms with Crippen molar-refractivity contribution < 1.29 is 9.90 Å². The highest BCUT2D eigenvalue weighted by molar-refractivity contribution is 8.26. The van der Waals surface area contributed by atoms with Gasteiger partial charge in [0.2, 0.25) is 0 Å². The van der Waals surface area contributed by atoms with Gasteiger partial charge in [-0.05, 0) is 31.1 Å². The third kappa shape index (κ3) is 4.12. The minimum absolute atomic E-state index is 0.105. The standard InChI is InChI=1S/C20H22N4O3S2/c1-4-8-24-19(27)15(29-20(24)28)10-14-16(21-13(5-2)11-25)22-17-12(3)7-6-9-23(17)18(14)26/h4,6-7,9-10,13,21,25H,1,5,8,11H2,2-3H3/b15-10-. The second kappa shape index (κ2) is 8.89. The molecule has 1 fully saturated rings. The van der Waals surface area contributed by atoms with E-state index in [0.29, 0.717) is 33.7 Å². The molecule has 1 aliphatic rings. The second-order valence-corrected chi connectivity index (χ2v) is 8.25. The first kappa shape index (κ1) is 21.2. The Hall–Kier alpha value is -2.49. The van der Waals surface area contributed by atoms with Gasteiger partial charge in [-0.15, -0.1) is 6.58 Å². The van der Waals surface area contributed by atoms with E-state index in [0.717, 1.165) is 17.3 Å². The average molecular weight is 431 g/mol. The lowest BCUT2D eigenvalue weighted by molar-refractivity contribution is -0.121. The number of aliphatic hydroxyl groups is 1. The summed E-state index contributed by atoms with van der Waals surface area (Å²) in [5.74, 6) is 0.0629. The molecule has 2 aromatic rings. The minimum atomic E-state index is -0.303. The highest BCUT2D eigenvalue weighted by Crippen LogP contribution is 2.33. The van der Waals surface area contributed by atoms with E-state index >= 15 is 0 Å². The molecule has 0 saturated carbocycles. The molecule has 1 atom stereocenters. The molecule has 1 saturated heterocycles. The maximum Gasteiger partial charge on any atom is 0.267 e. The summed E-state index contributed by atoms with van der Waals surface area (Å²) < 4.78 is 1.87. The summed E-state index contributed by atoms with van der Waals surface area (Å²) in [6.45, 7) is 7.64. The largest absolute Gasteiger partial charge is 0.394 e. The van der Waals surface area contributed by atoms with Crippen LogP contribution in [0.15, 0.2) is 40.7 Å². The Morgan fingerprint density at radius 2 is 2.21 bits per heavy atom. The monoisotopic (exact) mass is 430 g/mol. The van der Waals surface area contributed by atoms with Gasteiger partial charge in [-0.2, -0.15) is 0 Å². The predicted molar refractivity (Wildman–Crippen MR) is 121 cm³/mol. The van der Waals surface area contributed by atoms with Gasteiger partial charge in [0, 0.05) is 12.7 Å². The van der Waals surface area contributed by atoms with Gasteiger partial charge in [0.25, 0.3) is 11.5 Å². The lowest BCUT2D eigenvalue weighted by Gasteiger charge is -2.17. The molecule has 2 aromatic heterocycles. The molecule has 152 valence electrons. The van der Waals surface area contributed by atoms with Crippen molar-refractivity contribution in [2.45, 2.75) is 26.3 Å². The SMILES string of the molecule is C=CCN1C(=O)/C(=C/c2c(NC(CC)CO)nc3c(C)cccn3c2=O)SC1=S. The molecule has 29 heavy (non-hydrogen) atoms. The molecule has 2 N–H and O–H groups in total. The molecular weight excluding hydrogens is 408 g/mol. The van der Waals surface area contributed by atoms with Crippen LogP contribution in [0.1, 0.15) is 24.5 Å². The number of carbonyl (C=O) groups excluding carboxylic acids is 1. The van der Waals surface area contributed by atoms with Gasteiger partial charge >= 0.3 is 0 Å². The number of rotatable bonds is 7. The first-order chi connectivity index (χ1) is 13.9. The maximum atomic E-state index is 13.2. The number of thiocarbonyl (C=S) groups is 1. The molecule has 9 heteroatoms. The normalized spacial score (nSPS) is 16.7. The molecule has 0 bridgehead atoms. The van der Waals surface area contributed by atoms with Crippen LogP contribution in [-0.2, 0) is 4.79 Å². The molecule has 0 aromatic carbocycles. The van der Waals surface area contributed by atoms with Crippen LogP contribution in [0.4, 0.5) is 5.82 Å². The highest BCUT2D eigenvalue weighted by atomic mass is 32.2. The number of amides is 1. The zero-order valence-electron chi connectivity index (χ0n) is 16.2. The number of hydrogen-bond donors (Lipinski definition) is 2. The molecule has 3 heterocycles. The zero-order chi connectivity index (χ0) is 21.1. The number of aliphatic hydroxyl groups excluding tert-OH is 1. The topological polar surface area (TPSA) is 86.9 Å². The van der Waals surface area contributed by atoms with E-state index in [1.807, 2.05) is 19.9 Å². The lowest BCUT2D eigenvalue weighted by atomic mass is 10.2. The van der Waals surface area contributed by atoms with E-state index < -0.39 is 0 Å². The van der Waals surface area contributed by atoms with Gasteiger partial charge in [0.15, 0.2) is 0 Å². The van der Waals surface area contributed by atoms with E-state index in [9.17, 15) is 14.7 Å². The number of carbonyl (C=O) groups is 1. The molecule has 0 radical (unpaired) electrons. The zero-order valence-corrected chi connectivity index (χ0v) is 17.8. The van der Waals surface area contributed by atoms with Gasteiger partial charge in [-0.3, -0.25) is 18.9 Å². The third-order valence-corrected chi connectivity index (χ3v) is 5.98. The van der Waals surface area contributed by atoms with Gasteiger partial charge < -0.3 is 10.4 Å². The van der Waals surface area contributed by atoms with Gasteiger partial charge in [-0.25, -0.2) is 4.98 Å². The summed E-state index contributed by atoms with van der Waals surface area (Å²) in [5, 5.41) is 12.7. The van der Waals surface area contributed by atoms with Crippen LogP contribution < -0.4 is 10.9 Å². The maximum absolute atomic E-state index is 13.2. The minimum Gasteiger partial charge on any atom is -0.394 e. The Labute approximate surface area is 178 Å². The van der Waals surface area contributed by atoms with Crippen molar-refractivity contribution in [2.24, 2.45) is 0 Å². The molecule has 3 rings (SSSR count). The van der Waals surface area contributed by atoms with Crippen molar-refractivity contribution in [3.05, 3.63) is 57.4 Å². The fraction of sp³-hybridized carbons (Fsp3) is 0.300. The number of fused-ring (bicyclic) bond motifs is 1. The number of thioether (sulfide) groups is 1. The van der Waals surface area contributed by atoms with Crippen LogP contribution in [0.5, 0.6) is 0 Å². The highest BCUT2D eigenvalue weighted by Gasteiger charge is 2.32. The van der Waals surface area contributed by atoms with Crippen molar-refractivity contribution in [3.63, 3.8) is 0 Å². The van der Waals surface area contributed by atoms with E-state index in [2.05, 4.69) is 16.9 Å². The quantitative estimate of drug-likeness (QED) is 0.397. The van der Waals surface area contributed by atoms with E-state index in [1.54, 1.807) is 18.3 Å². The van der Waals surface area contributed by atoms with Crippen LogP contribution in [0.3, 0.4) is 0 Å². The Kier molecular flexibility index (Phi) is 6.51. The molecule has 1 amide bonds. The average Bonchev–Trinajstić information content (AvgIpc) is 2.97. The number of nitrogens with one attached hydrogen (secondary N) is 1. The summed E-state index contributed by atoms with van der Waals surface area (Å²) in [6.07, 6.45) is 5.42. The molecule has 0 spiro atoms. The van der Waals surface area contributed by atoms with E-state index in [4.69, 9.17) is 12.2 Å². The summed E-state index contributed by atoms with van der Waals surface area (Å²) in [6, 6.07) is 3.37. The predicted octanol–water partition coefficient (Wildman–Crippen LogP) is 2.57. The number of aromatic nitrogens is 2. The first-order valence-corrected chi connectivity index (χ1v) is 10.4. The Balaban J connectivity index is 2.19. The number of nitrogens with zero attached hydrogens (tertiary/aromatic N) is 3. The summed E-state index contributed by atoms with van der Waals surface area (Å²) in [4.78, 5) is 32.3. The fourth-order valence-corrected chi connectivity index (χ4v) is 4.20. The number of pyridine rings is 1. The van der Waals surface area contributed by atoms with Crippen LogP contribution >= 0.6 is 24.0 Å². The van der Waals surface area contributed by atoms with Crippen LogP contribution in [-0.4, -0.2) is 48.8 Å². The van der Waals surface area contributed by atoms with Crippen molar-refractivity contribution in [1.29, 1.82) is 0 Å². The van der Waals surface area contributed by atoms with Crippen LogP contribution in [0, 0.1) is 6.92 Å². The smallest absolute Gasteiger partial charge is 0.267 e. The molecule has 1 unspecified atom stereocenters. The first-order valence-electron chi connectivity index (χ1n) is 9.16. The molecule has 1 aliphatic heterocycles. The summed E-state index contributed by atoms with van der Waals surface area (Å²) in [7, 11) is 0.